The van der Waals surface area contributed by atoms with Gasteiger partial charge in [-0.3, -0.25) is 19.3 Å². The molecule has 0 spiro atoms. The Balaban J connectivity index is 0.00000210. The average Bonchev–Trinajstić information content (AvgIpc) is 3.04. The van der Waals surface area contributed by atoms with Crippen molar-refractivity contribution in [2.24, 2.45) is 0 Å². The number of nitrogens with two attached hydrogens (primary N) is 1. The number of carbonyl (C=O) groups is 4. The van der Waals surface area contributed by atoms with Gasteiger partial charge < -0.3 is 32.2 Å². The number of nitrogens with zero attached hydrogens (tertiary/aromatic N) is 2. The second-order valence-corrected chi connectivity index (χ2v) is 7.60. The molecule has 0 aliphatic carbocycles. The number of nitrogens with one attached hydrogen (secondary N) is 1. The van der Waals surface area contributed by atoms with Gasteiger partial charge in [0, 0.05) is 11.1 Å². The second-order valence-electron chi connectivity index (χ2n) is 5.56. The van der Waals surface area contributed by atoms with Crippen LogP contribution in [0.3, 0.4) is 0 Å². The van der Waals surface area contributed by atoms with Crippen molar-refractivity contribution >= 4 is 57.6 Å². The van der Waals surface area contributed by atoms with Crippen molar-refractivity contribution in [2.75, 3.05) is 11.5 Å². The number of fused-ring (bicyclic) bond motifs is 1. The molecule has 2 atom stereocenters. The van der Waals surface area contributed by atoms with Crippen molar-refractivity contribution in [2.45, 2.75) is 17.8 Å². The zero-order valence-corrected chi connectivity index (χ0v) is 16.2. The first kappa shape index (κ1) is 24.1. The Hall–Kier alpha value is -2.94. The van der Waals surface area contributed by atoms with Gasteiger partial charge in [0.2, 0.25) is 0 Å². The van der Waals surface area contributed by atoms with E-state index in [0.29, 0.717) is 5.75 Å². The summed E-state index contributed by atoms with van der Waals surface area (Å²) in [5, 5.41) is 21.8. The van der Waals surface area contributed by atoms with E-state index in [1.165, 1.54) is 29.3 Å². The highest BCUT2D eigenvalue weighted by Crippen LogP contribution is 2.37. The van der Waals surface area contributed by atoms with Gasteiger partial charge >= 0.3 is 11.9 Å². The van der Waals surface area contributed by atoms with Crippen LogP contribution in [0.2, 0.25) is 0 Å². The molecule has 1 fully saturated rings. The average molecular weight is 446 g/mol. The lowest BCUT2D eigenvalue weighted by atomic mass is 10.0. The van der Waals surface area contributed by atoms with Gasteiger partial charge in [-0.05, 0) is 6.08 Å². The third-order valence-corrected chi connectivity index (χ3v) is 5.73. The van der Waals surface area contributed by atoms with Crippen LogP contribution < -0.4 is 11.1 Å². The molecule has 2 aliphatic rings. The first-order chi connectivity index (χ1) is 12.8. The molecule has 12 nitrogen and oxygen atoms in total. The Morgan fingerprint density at radius 1 is 1.34 bits per heavy atom. The van der Waals surface area contributed by atoms with Crippen LogP contribution in [0.4, 0.5) is 5.13 Å². The molecule has 9 N–H and O–H groups in total. The molecule has 2 aliphatic heterocycles. The van der Waals surface area contributed by atoms with Gasteiger partial charge in [-0.15, -0.1) is 23.1 Å². The van der Waals surface area contributed by atoms with Crippen LogP contribution in [0.25, 0.3) is 5.57 Å². The van der Waals surface area contributed by atoms with Gasteiger partial charge in [-0.25, -0.2) is 9.78 Å². The van der Waals surface area contributed by atoms with E-state index < -0.39 is 41.6 Å². The number of β-lactam (4-membered cyclic amide) rings is 1. The normalized spacial score (nSPS) is 20.3. The summed E-state index contributed by atoms with van der Waals surface area (Å²) in [6.07, 6.45) is 2.23. The maximum Gasteiger partial charge on any atom is 0.352 e. The number of carboxylic acid groups (broad SMARTS) is 2. The van der Waals surface area contributed by atoms with Gasteiger partial charge in [0.25, 0.3) is 11.8 Å². The molecule has 1 saturated heterocycles. The molecule has 2 amide bonds. The summed E-state index contributed by atoms with van der Waals surface area (Å²) in [5.74, 6) is -3.16. The van der Waals surface area contributed by atoms with Crippen LogP contribution >= 0.6 is 23.1 Å². The SMILES string of the molecule is Nc1nc(C(=CCC(=O)O)C(=O)N[C@@H]2C(=O)N3C(C(=O)O)=CCS[C@H]23)cs1.O.O. The van der Waals surface area contributed by atoms with Crippen molar-refractivity contribution in [3.05, 3.63) is 28.9 Å². The second kappa shape index (κ2) is 9.51. The first-order valence-corrected chi connectivity index (χ1v) is 9.54. The third-order valence-electron chi connectivity index (χ3n) is 3.88. The molecule has 0 saturated carbocycles. The smallest absolute Gasteiger partial charge is 0.352 e. The minimum Gasteiger partial charge on any atom is -0.481 e. The van der Waals surface area contributed by atoms with E-state index in [4.69, 9.17) is 15.9 Å². The molecule has 1 aromatic heterocycles. The van der Waals surface area contributed by atoms with E-state index in [1.54, 1.807) is 0 Å². The van der Waals surface area contributed by atoms with Crippen LogP contribution in [-0.2, 0) is 19.2 Å². The summed E-state index contributed by atoms with van der Waals surface area (Å²) in [6, 6.07) is -0.908. The summed E-state index contributed by atoms with van der Waals surface area (Å²) in [6.45, 7) is 0. The molecule has 0 aromatic carbocycles. The van der Waals surface area contributed by atoms with E-state index in [2.05, 4.69) is 10.3 Å². The molecule has 3 heterocycles. The lowest BCUT2D eigenvalue weighted by Gasteiger charge is -2.48. The minimum atomic E-state index is -1.21. The van der Waals surface area contributed by atoms with Gasteiger partial charge in [0.05, 0.1) is 17.7 Å². The van der Waals surface area contributed by atoms with Crippen LogP contribution in [0.1, 0.15) is 12.1 Å². The largest absolute Gasteiger partial charge is 0.481 e. The van der Waals surface area contributed by atoms with Crippen LogP contribution in [0.15, 0.2) is 23.2 Å². The van der Waals surface area contributed by atoms with Crippen LogP contribution in [0, 0.1) is 0 Å². The van der Waals surface area contributed by atoms with Crippen LogP contribution in [0.5, 0.6) is 0 Å². The van der Waals surface area contributed by atoms with E-state index in [1.807, 2.05) is 0 Å². The molecule has 158 valence electrons. The molecule has 0 bridgehead atoms. The zero-order chi connectivity index (χ0) is 19.7. The van der Waals surface area contributed by atoms with Crippen LogP contribution in [-0.4, -0.2) is 72.0 Å². The number of anilines is 1. The van der Waals surface area contributed by atoms with Crippen molar-refractivity contribution < 1.29 is 40.3 Å². The molecular weight excluding hydrogens is 428 g/mol. The summed E-state index contributed by atoms with van der Waals surface area (Å²) < 4.78 is 0. The van der Waals surface area contributed by atoms with E-state index in [9.17, 15) is 19.2 Å². The summed E-state index contributed by atoms with van der Waals surface area (Å²) >= 11 is 2.41. The Morgan fingerprint density at radius 2 is 2.03 bits per heavy atom. The number of thioether (sulfide) groups is 1. The minimum absolute atomic E-state index is 0. The van der Waals surface area contributed by atoms with Crippen molar-refractivity contribution in [3.63, 3.8) is 0 Å². The van der Waals surface area contributed by atoms with E-state index in [-0.39, 0.29) is 33.0 Å². The predicted octanol–water partition coefficient (Wildman–Crippen LogP) is -1.70. The molecule has 0 radical (unpaired) electrons. The Kier molecular flexibility index (Phi) is 7.90. The number of carboxylic acids is 2. The lowest BCUT2D eigenvalue weighted by molar-refractivity contribution is -0.150. The quantitative estimate of drug-likeness (QED) is 0.288. The molecule has 3 rings (SSSR count). The van der Waals surface area contributed by atoms with Crippen molar-refractivity contribution in [1.82, 2.24) is 15.2 Å². The highest BCUT2D eigenvalue weighted by atomic mass is 32.2. The molecule has 29 heavy (non-hydrogen) atoms. The fraction of sp³-hybridized carbons (Fsp3) is 0.267. The number of hydrogen-bond donors (Lipinski definition) is 4. The Labute approximate surface area is 171 Å². The van der Waals surface area contributed by atoms with Gasteiger partial charge in [-0.2, -0.15) is 0 Å². The van der Waals surface area contributed by atoms with Gasteiger partial charge in [0.1, 0.15) is 17.1 Å². The topological polar surface area (TPSA) is 226 Å². The van der Waals surface area contributed by atoms with E-state index >= 15 is 0 Å². The first-order valence-electron chi connectivity index (χ1n) is 7.62. The summed E-state index contributed by atoms with van der Waals surface area (Å²) in [5.41, 5.74) is 5.66. The number of aliphatic carboxylic acids is 2. The fourth-order valence-corrected chi connectivity index (χ4v) is 4.43. The fourth-order valence-electron chi connectivity index (χ4n) is 2.67. The van der Waals surface area contributed by atoms with E-state index in [0.717, 1.165) is 16.2 Å². The zero-order valence-electron chi connectivity index (χ0n) is 14.6. The Morgan fingerprint density at radius 3 is 2.59 bits per heavy atom. The molecule has 0 unspecified atom stereocenters. The maximum atomic E-state index is 12.6. The monoisotopic (exact) mass is 446 g/mol. The highest BCUT2D eigenvalue weighted by Gasteiger charge is 2.52. The predicted molar refractivity (Wildman–Crippen MR) is 105 cm³/mol. The highest BCUT2D eigenvalue weighted by molar-refractivity contribution is 8.00. The standard InChI is InChI=1S/C15H14N4O6S2.2H2O/c16-15-17-7(5-27-15)6(1-2-9(20)21)11(22)18-10-12(23)19-8(14(24)25)3-4-26-13(10)19;;/h1,3,5,10,13H,2,4H2,(H2,16,17)(H,18,22)(H,20,21)(H,24,25);2*1H2/t10-,13-;;/m1../s1. The number of carbonyl (C=O) groups excluding carboxylic acids is 2. The summed E-state index contributed by atoms with van der Waals surface area (Å²) in [7, 11) is 0. The number of amides is 2. The molecule has 1 aromatic rings. The lowest BCUT2D eigenvalue weighted by Crippen LogP contribution is -2.70. The van der Waals surface area contributed by atoms with Gasteiger partial charge in [-0.1, -0.05) is 6.08 Å². The molecule has 14 heteroatoms. The number of thiazole rings is 1. The molecular formula is C15H18N4O8S2. The Bertz CT molecular complexity index is 897. The number of aromatic nitrogens is 1. The number of rotatable bonds is 6. The number of nitrogen functional groups attached to an aromatic ring is 1. The van der Waals surface area contributed by atoms with Crippen molar-refractivity contribution in [1.29, 1.82) is 0 Å². The number of hydrogen-bond acceptors (Lipinski definition) is 8. The van der Waals surface area contributed by atoms with Crippen molar-refractivity contribution in [3.8, 4) is 0 Å². The third kappa shape index (κ3) is 4.73. The maximum absolute atomic E-state index is 12.6. The van der Waals surface area contributed by atoms with Gasteiger partial charge in [0.15, 0.2) is 5.13 Å². The summed E-state index contributed by atoms with van der Waals surface area (Å²) in [4.78, 5) is 52.1.